The second-order valence-electron chi connectivity index (χ2n) is 7.98. The third kappa shape index (κ3) is 3.85. The molecule has 0 bridgehead atoms. The Bertz CT molecular complexity index is 1470. The van der Waals surface area contributed by atoms with E-state index in [0.29, 0.717) is 22.6 Å². The summed E-state index contributed by atoms with van der Waals surface area (Å²) in [5.74, 6) is 0.961. The standard InChI is InChI=1S/C26H22O9/c1-31-19-7-4-13(9-18(19)28)16-11-33-25-15(24(16)30)5-8-20-26(25)34-12-22(35-20)23(29)14-3-6-17(27)21(10-14)32-2/h3-11,22-23,27-29H,12H2,1-2H3. The zero-order chi connectivity index (χ0) is 24.7. The van der Waals surface area contributed by atoms with Gasteiger partial charge in [0, 0.05) is 0 Å². The maximum absolute atomic E-state index is 13.2. The summed E-state index contributed by atoms with van der Waals surface area (Å²) in [6.07, 6.45) is -0.507. The van der Waals surface area contributed by atoms with Crippen molar-refractivity contribution in [2.75, 3.05) is 20.8 Å². The molecular formula is C26H22O9. The van der Waals surface area contributed by atoms with Crippen molar-refractivity contribution in [3.8, 4) is 45.6 Å². The van der Waals surface area contributed by atoms with Gasteiger partial charge in [-0.3, -0.25) is 4.79 Å². The molecule has 2 heterocycles. The molecule has 3 N–H and O–H groups in total. The fraction of sp³-hybridized carbons (Fsp3) is 0.192. The van der Waals surface area contributed by atoms with Gasteiger partial charge in [0.2, 0.25) is 11.2 Å². The van der Waals surface area contributed by atoms with Crippen molar-refractivity contribution in [2.45, 2.75) is 12.2 Å². The minimum absolute atomic E-state index is 0.00567. The number of benzene rings is 3. The lowest BCUT2D eigenvalue weighted by Gasteiger charge is -2.30. The average Bonchev–Trinajstić information content (AvgIpc) is 2.88. The van der Waals surface area contributed by atoms with E-state index in [2.05, 4.69) is 0 Å². The van der Waals surface area contributed by atoms with E-state index in [9.17, 15) is 20.1 Å². The van der Waals surface area contributed by atoms with E-state index >= 15 is 0 Å². The van der Waals surface area contributed by atoms with Crippen LogP contribution in [-0.2, 0) is 0 Å². The molecular weight excluding hydrogens is 456 g/mol. The predicted molar refractivity (Wildman–Crippen MR) is 126 cm³/mol. The molecule has 2 atom stereocenters. The second-order valence-corrected chi connectivity index (χ2v) is 7.98. The molecule has 5 rings (SSSR count). The van der Waals surface area contributed by atoms with Gasteiger partial charge < -0.3 is 38.7 Å². The Morgan fingerprint density at radius 1 is 0.971 bits per heavy atom. The summed E-state index contributed by atoms with van der Waals surface area (Å²) in [7, 11) is 2.86. The monoisotopic (exact) mass is 478 g/mol. The van der Waals surface area contributed by atoms with E-state index in [0.717, 1.165) is 0 Å². The molecule has 9 heteroatoms. The molecule has 0 fully saturated rings. The van der Waals surface area contributed by atoms with Crippen LogP contribution in [0.5, 0.6) is 34.5 Å². The van der Waals surface area contributed by atoms with Crippen molar-refractivity contribution in [3.63, 3.8) is 0 Å². The molecule has 9 nitrogen and oxygen atoms in total. The molecule has 0 spiro atoms. The molecule has 1 aliphatic rings. The second kappa shape index (κ2) is 8.77. The number of aromatic hydroxyl groups is 2. The lowest BCUT2D eigenvalue weighted by Crippen LogP contribution is -2.35. The van der Waals surface area contributed by atoms with Crippen LogP contribution in [0.1, 0.15) is 11.7 Å². The van der Waals surface area contributed by atoms with Gasteiger partial charge in [-0.1, -0.05) is 12.1 Å². The normalized spacial score (nSPS) is 15.6. The number of aliphatic hydroxyl groups excluding tert-OH is 1. The Morgan fingerprint density at radius 2 is 1.77 bits per heavy atom. The van der Waals surface area contributed by atoms with Gasteiger partial charge in [0.05, 0.1) is 25.2 Å². The highest BCUT2D eigenvalue weighted by molar-refractivity contribution is 5.88. The van der Waals surface area contributed by atoms with Crippen LogP contribution < -0.4 is 24.4 Å². The zero-order valence-electron chi connectivity index (χ0n) is 18.8. The minimum Gasteiger partial charge on any atom is -0.504 e. The fourth-order valence-corrected chi connectivity index (χ4v) is 4.05. The minimum atomic E-state index is -1.06. The average molecular weight is 478 g/mol. The van der Waals surface area contributed by atoms with Crippen molar-refractivity contribution in [3.05, 3.63) is 70.6 Å². The molecule has 0 saturated carbocycles. The maximum Gasteiger partial charge on any atom is 0.205 e. The van der Waals surface area contributed by atoms with Crippen LogP contribution in [0.3, 0.4) is 0 Å². The van der Waals surface area contributed by atoms with Crippen LogP contribution in [-0.4, -0.2) is 42.3 Å². The topological polar surface area (TPSA) is 128 Å². The SMILES string of the molecule is COc1ccc(-c2coc3c4c(ccc3c2=O)OC(C(O)c2ccc(O)c(OC)c2)CO4)cc1O. The van der Waals surface area contributed by atoms with Gasteiger partial charge in [-0.2, -0.15) is 0 Å². The van der Waals surface area contributed by atoms with Crippen molar-refractivity contribution in [1.29, 1.82) is 0 Å². The van der Waals surface area contributed by atoms with Gasteiger partial charge in [-0.15, -0.1) is 0 Å². The highest BCUT2D eigenvalue weighted by Gasteiger charge is 2.31. The lowest BCUT2D eigenvalue weighted by atomic mass is 10.0. The van der Waals surface area contributed by atoms with E-state index in [-0.39, 0.29) is 51.6 Å². The maximum atomic E-state index is 13.2. The molecule has 35 heavy (non-hydrogen) atoms. The summed E-state index contributed by atoms with van der Waals surface area (Å²) < 4.78 is 27.8. The van der Waals surface area contributed by atoms with Crippen molar-refractivity contribution in [1.82, 2.24) is 0 Å². The Morgan fingerprint density at radius 3 is 2.51 bits per heavy atom. The summed E-state index contributed by atoms with van der Waals surface area (Å²) in [5.41, 5.74) is 1.13. The Hall–Kier alpha value is -4.37. The van der Waals surface area contributed by atoms with Crippen molar-refractivity contribution in [2.24, 2.45) is 0 Å². The van der Waals surface area contributed by atoms with E-state index in [1.807, 2.05) is 0 Å². The molecule has 1 aliphatic heterocycles. The lowest BCUT2D eigenvalue weighted by molar-refractivity contribution is -0.0111. The predicted octanol–water partition coefficient (Wildman–Crippen LogP) is 3.76. The van der Waals surface area contributed by atoms with Gasteiger partial charge in [0.15, 0.2) is 40.4 Å². The first-order valence-corrected chi connectivity index (χ1v) is 10.7. The number of hydrogen-bond donors (Lipinski definition) is 3. The largest absolute Gasteiger partial charge is 0.504 e. The molecule has 0 amide bonds. The van der Waals surface area contributed by atoms with Crippen molar-refractivity contribution < 1.29 is 38.7 Å². The van der Waals surface area contributed by atoms with Crippen LogP contribution in [0.25, 0.3) is 22.1 Å². The number of aliphatic hydroxyl groups is 1. The van der Waals surface area contributed by atoms with Crippen LogP contribution in [0.2, 0.25) is 0 Å². The van der Waals surface area contributed by atoms with E-state index < -0.39 is 12.2 Å². The van der Waals surface area contributed by atoms with Gasteiger partial charge in [-0.25, -0.2) is 0 Å². The summed E-state index contributed by atoms with van der Waals surface area (Å²) in [6, 6.07) is 12.3. The van der Waals surface area contributed by atoms with Gasteiger partial charge >= 0.3 is 0 Å². The summed E-state index contributed by atoms with van der Waals surface area (Å²) in [6.45, 7) is -0.00567. The Kier molecular flexibility index (Phi) is 5.62. The molecule has 0 radical (unpaired) electrons. The molecule has 4 aromatic rings. The first kappa shape index (κ1) is 22.4. The van der Waals surface area contributed by atoms with Gasteiger partial charge in [0.1, 0.15) is 19.0 Å². The number of phenols is 2. The molecule has 0 saturated heterocycles. The quantitative estimate of drug-likeness (QED) is 0.393. The van der Waals surface area contributed by atoms with Crippen LogP contribution in [0.15, 0.2) is 64.0 Å². The smallest absolute Gasteiger partial charge is 0.205 e. The van der Waals surface area contributed by atoms with Crippen molar-refractivity contribution >= 4 is 11.0 Å². The van der Waals surface area contributed by atoms with Crippen LogP contribution in [0.4, 0.5) is 0 Å². The Balaban J connectivity index is 1.46. The van der Waals surface area contributed by atoms with E-state index in [1.54, 1.807) is 30.3 Å². The number of rotatable bonds is 5. The third-order valence-electron chi connectivity index (χ3n) is 5.92. The van der Waals surface area contributed by atoms with E-state index in [1.165, 1.54) is 38.7 Å². The molecule has 0 aliphatic carbocycles. The third-order valence-corrected chi connectivity index (χ3v) is 5.92. The highest BCUT2D eigenvalue weighted by atomic mass is 16.6. The van der Waals surface area contributed by atoms with Crippen LogP contribution in [0, 0.1) is 0 Å². The first-order chi connectivity index (χ1) is 16.9. The number of methoxy groups -OCH3 is 2. The summed E-state index contributed by atoms with van der Waals surface area (Å²) in [4.78, 5) is 13.2. The summed E-state index contributed by atoms with van der Waals surface area (Å²) in [5, 5.41) is 31.0. The summed E-state index contributed by atoms with van der Waals surface area (Å²) >= 11 is 0. The number of phenolic OH excluding ortho intramolecular Hbond substituents is 2. The molecule has 180 valence electrons. The Labute approximate surface area is 199 Å². The van der Waals surface area contributed by atoms with Gasteiger partial charge in [0.25, 0.3) is 0 Å². The highest BCUT2D eigenvalue weighted by Crippen LogP contribution is 2.41. The van der Waals surface area contributed by atoms with Crippen LogP contribution >= 0.6 is 0 Å². The molecule has 1 aromatic heterocycles. The van der Waals surface area contributed by atoms with Gasteiger partial charge in [-0.05, 0) is 47.5 Å². The molecule has 3 aromatic carbocycles. The number of ether oxygens (including phenoxy) is 4. The number of hydrogen-bond acceptors (Lipinski definition) is 9. The molecule has 2 unspecified atom stereocenters. The zero-order valence-corrected chi connectivity index (χ0v) is 18.8. The first-order valence-electron chi connectivity index (χ1n) is 10.7. The van der Waals surface area contributed by atoms with E-state index in [4.69, 9.17) is 23.4 Å². The number of fused-ring (bicyclic) bond motifs is 3. The fourth-order valence-electron chi connectivity index (χ4n) is 4.05.